The third kappa shape index (κ3) is 2.03. The minimum Gasteiger partial charge on any atom is -0.312 e. The van der Waals surface area contributed by atoms with Gasteiger partial charge >= 0.3 is 0 Å². The molecule has 0 fully saturated rings. The van der Waals surface area contributed by atoms with Crippen molar-refractivity contribution in [3.8, 4) is 10.0 Å². The summed E-state index contributed by atoms with van der Waals surface area (Å²) in [7, 11) is 2.03. The van der Waals surface area contributed by atoms with Crippen LogP contribution in [0.2, 0.25) is 0 Å². The lowest BCUT2D eigenvalue weighted by molar-refractivity contribution is 0.501. The molecule has 1 atom stereocenters. The van der Waals surface area contributed by atoms with Gasteiger partial charge in [-0.05, 0) is 33.2 Å². The minimum atomic E-state index is 0.492. The lowest BCUT2D eigenvalue weighted by atomic mass is 9.98. The molecule has 2 aromatic heterocycles. The van der Waals surface area contributed by atoms with Crippen LogP contribution in [0.3, 0.4) is 0 Å². The first-order valence-electron chi connectivity index (χ1n) is 5.87. The maximum Gasteiger partial charge on any atom is 0.152 e. The van der Waals surface area contributed by atoms with E-state index in [0.29, 0.717) is 6.04 Å². The van der Waals surface area contributed by atoms with E-state index in [9.17, 15) is 0 Å². The largest absolute Gasteiger partial charge is 0.312 e. The lowest BCUT2D eigenvalue weighted by Gasteiger charge is -2.19. The number of hydrogen-bond donors (Lipinski definition) is 1. The average Bonchev–Trinajstić information content (AvgIpc) is 2.93. The summed E-state index contributed by atoms with van der Waals surface area (Å²) in [4.78, 5) is 10.7. The van der Waals surface area contributed by atoms with Gasteiger partial charge in [-0.1, -0.05) is 0 Å². The van der Waals surface area contributed by atoms with Gasteiger partial charge in [-0.2, -0.15) is 0 Å². The fourth-order valence-electron chi connectivity index (χ4n) is 2.24. The van der Waals surface area contributed by atoms with Gasteiger partial charge in [0, 0.05) is 22.0 Å². The Morgan fingerprint density at radius 3 is 2.94 bits per heavy atom. The molecule has 0 radical (unpaired) electrons. The summed E-state index contributed by atoms with van der Waals surface area (Å²) < 4.78 is 0. The van der Waals surface area contributed by atoms with Crippen LogP contribution in [-0.4, -0.2) is 17.0 Å². The molecule has 0 saturated carbocycles. The van der Waals surface area contributed by atoms with Gasteiger partial charge in [0.05, 0.1) is 5.69 Å². The topological polar surface area (TPSA) is 37.8 Å². The third-order valence-electron chi connectivity index (χ3n) is 3.10. The highest BCUT2D eigenvalue weighted by Crippen LogP contribution is 2.38. The SMILES string of the molecule is CNC1CCCc2nc(-c3nc(C)cs3)sc21. The minimum absolute atomic E-state index is 0.492. The molecule has 17 heavy (non-hydrogen) atoms. The van der Waals surface area contributed by atoms with Crippen molar-refractivity contribution in [3.05, 3.63) is 21.6 Å². The van der Waals surface area contributed by atoms with Gasteiger partial charge in [0.25, 0.3) is 0 Å². The van der Waals surface area contributed by atoms with Crippen LogP contribution in [0.25, 0.3) is 10.0 Å². The van der Waals surface area contributed by atoms with Crippen LogP contribution in [0.5, 0.6) is 0 Å². The zero-order valence-electron chi connectivity index (χ0n) is 9.99. The summed E-state index contributed by atoms with van der Waals surface area (Å²) in [5.74, 6) is 0. The predicted octanol–water partition coefficient (Wildman–Crippen LogP) is 3.17. The fraction of sp³-hybridized carbons (Fsp3) is 0.500. The van der Waals surface area contributed by atoms with E-state index in [0.717, 1.165) is 22.1 Å². The van der Waals surface area contributed by atoms with E-state index in [-0.39, 0.29) is 0 Å². The normalized spacial score (nSPS) is 19.3. The number of aryl methyl sites for hydroxylation is 2. The average molecular weight is 265 g/mol. The molecule has 5 heteroatoms. The molecule has 0 aliphatic heterocycles. The summed E-state index contributed by atoms with van der Waals surface area (Å²) in [6.45, 7) is 2.03. The maximum absolute atomic E-state index is 4.76. The Balaban J connectivity index is 2.01. The molecule has 3 rings (SSSR count). The molecule has 0 saturated heterocycles. The molecular weight excluding hydrogens is 250 g/mol. The molecule has 2 heterocycles. The van der Waals surface area contributed by atoms with Crippen molar-refractivity contribution in [2.45, 2.75) is 32.2 Å². The summed E-state index contributed by atoms with van der Waals surface area (Å²) in [5, 5.41) is 7.63. The van der Waals surface area contributed by atoms with E-state index < -0.39 is 0 Å². The number of nitrogens with zero attached hydrogens (tertiary/aromatic N) is 2. The van der Waals surface area contributed by atoms with Gasteiger partial charge in [0.1, 0.15) is 0 Å². The van der Waals surface area contributed by atoms with Crippen molar-refractivity contribution >= 4 is 22.7 Å². The molecule has 0 spiro atoms. The molecule has 90 valence electrons. The summed E-state index contributed by atoms with van der Waals surface area (Å²) in [6.07, 6.45) is 3.58. The van der Waals surface area contributed by atoms with Crippen LogP contribution < -0.4 is 5.32 Å². The first-order valence-corrected chi connectivity index (χ1v) is 7.57. The van der Waals surface area contributed by atoms with E-state index >= 15 is 0 Å². The molecule has 0 aromatic carbocycles. The van der Waals surface area contributed by atoms with E-state index in [1.54, 1.807) is 11.3 Å². The van der Waals surface area contributed by atoms with Gasteiger partial charge in [-0.25, -0.2) is 9.97 Å². The molecule has 1 N–H and O–H groups in total. The van der Waals surface area contributed by atoms with Crippen molar-refractivity contribution in [3.63, 3.8) is 0 Å². The van der Waals surface area contributed by atoms with E-state index in [1.807, 2.05) is 25.3 Å². The molecule has 2 aromatic rings. The molecule has 0 bridgehead atoms. The Morgan fingerprint density at radius 1 is 1.35 bits per heavy atom. The Morgan fingerprint density at radius 2 is 2.24 bits per heavy atom. The van der Waals surface area contributed by atoms with Gasteiger partial charge in [-0.15, -0.1) is 22.7 Å². The molecule has 3 nitrogen and oxygen atoms in total. The van der Waals surface area contributed by atoms with Crippen LogP contribution in [0.1, 0.15) is 35.1 Å². The molecule has 0 amide bonds. The maximum atomic E-state index is 4.76. The van der Waals surface area contributed by atoms with Crippen LogP contribution in [-0.2, 0) is 6.42 Å². The number of nitrogens with one attached hydrogen (secondary N) is 1. The van der Waals surface area contributed by atoms with Crippen LogP contribution in [0, 0.1) is 6.92 Å². The highest BCUT2D eigenvalue weighted by atomic mass is 32.1. The van der Waals surface area contributed by atoms with Crippen molar-refractivity contribution in [1.29, 1.82) is 0 Å². The monoisotopic (exact) mass is 265 g/mol. The summed E-state index contributed by atoms with van der Waals surface area (Å²) in [6, 6.07) is 0.492. The number of hydrogen-bond acceptors (Lipinski definition) is 5. The van der Waals surface area contributed by atoms with Gasteiger partial charge in [-0.3, -0.25) is 0 Å². The highest BCUT2D eigenvalue weighted by Gasteiger charge is 2.24. The lowest BCUT2D eigenvalue weighted by Crippen LogP contribution is -2.19. The molecule has 1 aliphatic rings. The Hall–Kier alpha value is -0.780. The van der Waals surface area contributed by atoms with Gasteiger partial charge in [0.2, 0.25) is 0 Å². The Kier molecular flexibility index (Phi) is 2.98. The fourth-order valence-corrected chi connectivity index (χ4v) is 4.33. The smallest absolute Gasteiger partial charge is 0.152 e. The first-order chi connectivity index (χ1) is 8.28. The summed E-state index contributed by atoms with van der Waals surface area (Å²) >= 11 is 3.50. The number of aromatic nitrogens is 2. The van der Waals surface area contributed by atoms with E-state index in [4.69, 9.17) is 4.98 Å². The standard InChI is InChI=1S/C12H15N3S2/c1-7-6-16-11(14-7)12-15-9-5-3-4-8(13-2)10(9)17-12/h6,8,13H,3-5H2,1-2H3. The first kappa shape index (κ1) is 11.3. The van der Waals surface area contributed by atoms with Crippen molar-refractivity contribution < 1.29 is 0 Å². The van der Waals surface area contributed by atoms with Crippen molar-refractivity contribution in [2.24, 2.45) is 0 Å². The second-order valence-corrected chi connectivity index (χ2v) is 6.25. The zero-order valence-corrected chi connectivity index (χ0v) is 11.6. The summed E-state index contributed by atoms with van der Waals surface area (Å²) in [5.41, 5.74) is 2.37. The number of rotatable bonds is 2. The highest BCUT2D eigenvalue weighted by molar-refractivity contribution is 7.20. The molecule has 1 aliphatic carbocycles. The van der Waals surface area contributed by atoms with Gasteiger partial charge < -0.3 is 5.32 Å². The van der Waals surface area contributed by atoms with Crippen LogP contribution in [0.15, 0.2) is 5.38 Å². The molecule has 1 unspecified atom stereocenters. The van der Waals surface area contributed by atoms with E-state index in [2.05, 4.69) is 15.7 Å². The van der Waals surface area contributed by atoms with Crippen molar-refractivity contribution in [2.75, 3.05) is 7.05 Å². The van der Waals surface area contributed by atoms with Crippen molar-refractivity contribution in [1.82, 2.24) is 15.3 Å². The predicted molar refractivity (Wildman–Crippen MR) is 72.7 cm³/mol. The molecular formula is C12H15N3S2. The van der Waals surface area contributed by atoms with Crippen LogP contribution in [0.4, 0.5) is 0 Å². The Labute approximate surface area is 109 Å². The third-order valence-corrected chi connectivity index (χ3v) is 5.41. The van der Waals surface area contributed by atoms with E-state index in [1.165, 1.54) is 23.4 Å². The Bertz CT molecular complexity index is 530. The van der Waals surface area contributed by atoms with Gasteiger partial charge in [0.15, 0.2) is 10.0 Å². The number of fused-ring (bicyclic) bond motifs is 1. The number of thiazole rings is 2. The second-order valence-electron chi connectivity index (χ2n) is 4.36. The zero-order chi connectivity index (χ0) is 11.8. The quantitative estimate of drug-likeness (QED) is 0.906. The van der Waals surface area contributed by atoms with Crippen LogP contribution >= 0.6 is 22.7 Å². The second kappa shape index (κ2) is 4.48.